The van der Waals surface area contributed by atoms with Gasteiger partial charge in [0.1, 0.15) is 11.3 Å². The van der Waals surface area contributed by atoms with Crippen molar-refractivity contribution in [3.05, 3.63) is 35.9 Å². The Morgan fingerprint density at radius 2 is 1.90 bits per heavy atom. The van der Waals surface area contributed by atoms with Crippen molar-refractivity contribution >= 4 is 17.7 Å². The number of urea groups is 1. The third kappa shape index (κ3) is 2.31. The molecule has 106 valence electrons. The highest BCUT2D eigenvalue weighted by molar-refractivity contribution is 6.07. The lowest BCUT2D eigenvalue weighted by Crippen LogP contribution is -2.43. The van der Waals surface area contributed by atoms with E-state index in [4.69, 9.17) is 0 Å². The number of nitrogens with zero attached hydrogens (tertiary/aromatic N) is 1. The summed E-state index contributed by atoms with van der Waals surface area (Å²) in [5, 5.41) is 2.78. The van der Waals surface area contributed by atoms with Crippen molar-refractivity contribution < 1.29 is 14.4 Å². The number of carbonyl (C=O) groups excluding carboxylic acids is 3. The van der Waals surface area contributed by atoms with Crippen molar-refractivity contribution in [2.24, 2.45) is 0 Å². The number of carbonyl (C=O) groups is 3. The minimum Gasteiger partial charge on any atom is -0.319 e. The van der Waals surface area contributed by atoms with Crippen LogP contribution in [0.2, 0.25) is 0 Å². The van der Waals surface area contributed by atoms with Gasteiger partial charge in [-0.2, -0.15) is 0 Å². The van der Waals surface area contributed by atoms with Crippen LogP contribution in [0.3, 0.4) is 0 Å². The second-order valence-electron chi connectivity index (χ2n) is 4.96. The van der Waals surface area contributed by atoms with Crippen molar-refractivity contribution in [1.82, 2.24) is 10.2 Å². The standard InChI is InChI=1S/C15H18N2O3/c1-3-15(12-7-5-4-6-8-12)13(19)17(14(20)16-15)10-9-11(2)18/h4-8H,3,9-10H2,1-2H3,(H,16,20)/t15-/m1/s1. The average molecular weight is 274 g/mol. The summed E-state index contributed by atoms with van der Waals surface area (Å²) < 4.78 is 0. The molecule has 5 heteroatoms. The van der Waals surface area contributed by atoms with Crippen LogP contribution in [0.15, 0.2) is 30.3 Å². The molecule has 0 unspecified atom stereocenters. The first-order chi connectivity index (χ1) is 9.51. The molecule has 3 amide bonds. The minimum atomic E-state index is -1.00. The van der Waals surface area contributed by atoms with Gasteiger partial charge in [0.25, 0.3) is 5.91 Å². The van der Waals surface area contributed by atoms with Crippen LogP contribution in [0, 0.1) is 0 Å². The molecule has 1 aliphatic heterocycles. The molecule has 1 heterocycles. The largest absolute Gasteiger partial charge is 0.325 e. The minimum absolute atomic E-state index is 0.0423. The summed E-state index contributed by atoms with van der Waals surface area (Å²) in [4.78, 5) is 36.8. The van der Waals surface area contributed by atoms with E-state index in [2.05, 4.69) is 5.32 Å². The van der Waals surface area contributed by atoms with Gasteiger partial charge in [-0.05, 0) is 18.9 Å². The zero-order valence-electron chi connectivity index (χ0n) is 11.7. The van der Waals surface area contributed by atoms with Gasteiger partial charge in [0.2, 0.25) is 0 Å². The van der Waals surface area contributed by atoms with E-state index >= 15 is 0 Å². The number of amides is 3. The molecule has 0 radical (unpaired) electrons. The molecule has 1 aliphatic rings. The van der Waals surface area contributed by atoms with E-state index in [9.17, 15) is 14.4 Å². The number of imide groups is 1. The van der Waals surface area contributed by atoms with E-state index in [-0.39, 0.29) is 24.7 Å². The van der Waals surface area contributed by atoms with Crippen LogP contribution < -0.4 is 5.32 Å². The average Bonchev–Trinajstić information content (AvgIpc) is 2.69. The van der Waals surface area contributed by atoms with Gasteiger partial charge in [-0.1, -0.05) is 37.3 Å². The van der Waals surface area contributed by atoms with Gasteiger partial charge in [0.15, 0.2) is 0 Å². The van der Waals surface area contributed by atoms with Crippen LogP contribution in [0.5, 0.6) is 0 Å². The monoisotopic (exact) mass is 274 g/mol. The first-order valence-corrected chi connectivity index (χ1v) is 6.70. The zero-order chi connectivity index (χ0) is 14.8. The molecule has 1 aromatic rings. The Hall–Kier alpha value is -2.17. The van der Waals surface area contributed by atoms with E-state index in [0.717, 1.165) is 10.5 Å². The van der Waals surface area contributed by atoms with Crippen LogP contribution in [-0.2, 0) is 15.1 Å². The highest BCUT2D eigenvalue weighted by Crippen LogP contribution is 2.32. The molecule has 2 rings (SSSR count). The maximum absolute atomic E-state index is 12.6. The van der Waals surface area contributed by atoms with Crippen molar-refractivity contribution in [2.75, 3.05) is 6.54 Å². The van der Waals surface area contributed by atoms with Crippen molar-refractivity contribution in [3.8, 4) is 0 Å². The first kappa shape index (κ1) is 14.2. The maximum atomic E-state index is 12.6. The van der Waals surface area contributed by atoms with Crippen LogP contribution >= 0.6 is 0 Å². The number of Topliss-reactive ketones (excluding diaryl/α,β-unsaturated/α-hetero) is 1. The van der Waals surface area contributed by atoms with E-state index in [1.165, 1.54) is 6.92 Å². The summed E-state index contributed by atoms with van der Waals surface area (Å²) >= 11 is 0. The quantitative estimate of drug-likeness (QED) is 0.833. The van der Waals surface area contributed by atoms with Gasteiger partial charge >= 0.3 is 6.03 Å². The number of nitrogens with one attached hydrogen (secondary N) is 1. The molecule has 1 aromatic carbocycles. The molecule has 1 atom stereocenters. The number of benzene rings is 1. The van der Waals surface area contributed by atoms with E-state index < -0.39 is 11.6 Å². The Bertz CT molecular complexity index is 541. The Morgan fingerprint density at radius 1 is 1.25 bits per heavy atom. The molecule has 0 bridgehead atoms. The fourth-order valence-electron chi connectivity index (χ4n) is 2.46. The van der Waals surface area contributed by atoms with Gasteiger partial charge in [-0.15, -0.1) is 0 Å². The Kier molecular flexibility index (Phi) is 3.88. The normalized spacial score (nSPS) is 22.0. The lowest BCUT2D eigenvalue weighted by atomic mass is 9.87. The van der Waals surface area contributed by atoms with Crippen LogP contribution in [0.1, 0.15) is 32.3 Å². The summed E-state index contributed by atoms with van der Waals surface area (Å²) in [6.07, 6.45) is 0.659. The van der Waals surface area contributed by atoms with E-state index in [0.29, 0.717) is 6.42 Å². The van der Waals surface area contributed by atoms with Gasteiger partial charge in [-0.3, -0.25) is 14.5 Å². The van der Waals surface area contributed by atoms with Crippen molar-refractivity contribution in [2.45, 2.75) is 32.2 Å². The Labute approximate surface area is 118 Å². The summed E-state index contributed by atoms with van der Waals surface area (Å²) in [7, 11) is 0. The van der Waals surface area contributed by atoms with Crippen LogP contribution in [0.4, 0.5) is 4.79 Å². The second kappa shape index (κ2) is 5.45. The highest BCUT2D eigenvalue weighted by atomic mass is 16.2. The second-order valence-corrected chi connectivity index (χ2v) is 4.96. The molecule has 0 saturated carbocycles. The zero-order valence-corrected chi connectivity index (χ0v) is 11.7. The Balaban J connectivity index is 2.31. The fourth-order valence-corrected chi connectivity index (χ4v) is 2.46. The van der Waals surface area contributed by atoms with Crippen LogP contribution in [0.25, 0.3) is 0 Å². The van der Waals surface area contributed by atoms with Gasteiger partial charge < -0.3 is 5.32 Å². The van der Waals surface area contributed by atoms with Gasteiger partial charge in [0.05, 0.1) is 0 Å². The first-order valence-electron chi connectivity index (χ1n) is 6.70. The summed E-state index contributed by atoms with van der Waals surface area (Å²) in [5.74, 6) is -0.322. The highest BCUT2D eigenvalue weighted by Gasteiger charge is 2.50. The van der Waals surface area contributed by atoms with Crippen molar-refractivity contribution in [3.63, 3.8) is 0 Å². The molecule has 1 N–H and O–H groups in total. The molecule has 1 fully saturated rings. The van der Waals surface area contributed by atoms with E-state index in [1.807, 2.05) is 37.3 Å². The summed E-state index contributed by atoms with van der Waals surface area (Å²) in [6, 6.07) is 8.77. The number of rotatable bonds is 5. The number of hydrogen-bond acceptors (Lipinski definition) is 3. The molecule has 0 spiro atoms. The molecular formula is C15H18N2O3. The van der Waals surface area contributed by atoms with Gasteiger partial charge in [-0.25, -0.2) is 4.79 Å². The summed E-state index contributed by atoms with van der Waals surface area (Å²) in [6.45, 7) is 3.44. The lowest BCUT2D eigenvalue weighted by molar-refractivity contribution is -0.132. The molecular weight excluding hydrogens is 256 g/mol. The fraction of sp³-hybridized carbons (Fsp3) is 0.400. The topological polar surface area (TPSA) is 66.5 Å². The van der Waals surface area contributed by atoms with E-state index in [1.54, 1.807) is 0 Å². The predicted molar refractivity (Wildman–Crippen MR) is 74.0 cm³/mol. The molecule has 20 heavy (non-hydrogen) atoms. The molecule has 0 aliphatic carbocycles. The SMILES string of the molecule is CC[C@]1(c2ccccc2)NC(=O)N(CCC(C)=O)C1=O. The maximum Gasteiger partial charge on any atom is 0.325 e. The molecule has 5 nitrogen and oxygen atoms in total. The Morgan fingerprint density at radius 3 is 2.45 bits per heavy atom. The molecule has 0 aromatic heterocycles. The summed E-state index contributed by atoms with van der Waals surface area (Å²) in [5.41, 5.74) is -0.235. The lowest BCUT2D eigenvalue weighted by Gasteiger charge is -2.25. The van der Waals surface area contributed by atoms with Gasteiger partial charge in [0, 0.05) is 13.0 Å². The van der Waals surface area contributed by atoms with Crippen LogP contribution in [-0.4, -0.2) is 29.2 Å². The predicted octanol–water partition coefficient (Wildman–Crippen LogP) is 1.82. The third-order valence-corrected chi connectivity index (χ3v) is 3.66. The number of hydrogen-bond donors (Lipinski definition) is 1. The van der Waals surface area contributed by atoms with Crippen molar-refractivity contribution in [1.29, 1.82) is 0 Å². The number of ketones is 1. The third-order valence-electron chi connectivity index (χ3n) is 3.66. The smallest absolute Gasteiger partial charge is 0.319 e. The molecule has 1 saturated heterocycles.